The highest BCUT2D eigenvalue weighted by atomic mass is 16.6. The number of nitrogens with zero attached hydrogens (tertiary/aromatic N) is 2. The number of piperidine rings is 1. The maximum absolute atomic E-state index is 12.9. The van der Waals surface area contributed by atoms with Gasteiger partial charge in [0, 0.05) is 46.0 Å². The Labute approximate surface area is 157 Å². The molecular formula is C18H25N3O6. The third kappa shape index (κ3) is 5.10. The Balaban J connectivity index is 2.09. The molecule has 0 spiro atoms. The van der Waals surface area contributed by atoms with Crippen molar-refractivity contribution in [3.05, 3.63) is 24.3 Å². The van der Waals surface area contributed by atoms with E-state index in [2.05, 4.69) is 5.32 Å². The van der Waals surface area contributed by atoms with Crippen LogP contribution in [0.3, 0.4) is 0 Å². The third-order valence-electron chi connectivity index (χ3n) is 4.56. The summed E-state index contributed by atoms with van der Waals surface area (Å²) in [4.78, 5) is 38.3. The molecule has 9 nitrogen and oxygen atoms in total. The lowest BCUT2D eigenvalue weighted by Gasteiger charge is -2.39. The lowest BCUT2D eigenvalue weighted by Crippen LogP contribution is -2.50. The molecule has 9 heteroatoms. The zero-order chi connectivity index (χ0) is 20.0. The fraction of sp³-hybridized carbons (Fsp3) is 0.500. The molecule has 1 aromatic rings. The lowest BCUT2D eigenvalue weighted by molar-refractivity contribution is -0.131. The topological polar surface area (TPSA) is 108 Å². The van der Waals surface area contributed by atoms with Crippen molar-refractivity contribution in [1.29, 1.82) is 0 Å². The number of carbonyl (C=O) groups excluding carboxylic acids is 2. The molecule has 148 valence electrons. The van der Waals surface area contributed by atoms with Crippen molar-refractivity contribution in [2.75, 3.05) is 46.2 Å². The first-order valence-corrected chi connectivity index (χ1v) is 8.55. The number of nitrogens with one attached hydrogen (secondary N) is 1. The largest absolute Gasteiger partial charge is 0.465 e. The second-order valence-corrected chi connectivity index (χ2v) is 6.73. The van der Waals surface area contributed by atoms with Crippen LogP contribution in [-0.4, -0.2) is 73.9 Å². The SMILES string of the molecule is COCC1(C(=O)Nc2cccc(OC(=O)N(C)C)c2)CCN(C(=O)O)CC1. The number of hydrogen-bond donors (Lipinski definition) is 2. The smallest absolute Gasteiger partial charge is 0.414 e. The molecule has 0 aromatic heterocycles. The first-order chi connectivity index (χ1) is 12.8. The van der Waals surface area contributed by atoms with Crippen molar-refractivity contribution in [2.24, 2.45) is 5.41 Å². The van der Waals surface area contributed by atoms with Gasteiger partial charge in [-0.2, -0.15) is 0 Å². The maximum Gasteiger partial charge on any atom is 0.414 e. The maximum atomic E-state index is 12.9. The van der Waals surface area contributed by atoms with Gasteiger partial charge in [0.1, 0.15) is 5.75 Å². The molecule has 0 bridgehead atoms. The molecule has 27 heavy (non-hydrogen) atoms. The molecule has 2 rings (SSSR count). The molecule has 0 unspecified atom stereocenters. The van der Waals surface area contributed by atoms with E-state index in [9.17, 15) is 14.4 Å². The fourth-order valence-corrected chi connectivity index (χ4v) is 2.93. The molecule has 0 atom stereocenters. The first kappa shape index (κ1) is 20.5. The molecule has 0 saturated carbocycles. The molecule has 1 aromatic carbocycles. The number of rotatable bonds is 5. The molecule has 0 radical (unpaired) electrons. The Bertz CT molecular complexity index is 698. The average Bonchev–Trinajstić information content (AvgIpc) is 2.62. The molecule has 0 aliphatic carbocycles. The molecule has 1 heterocycles. The van der Waals surface area contributed by atoms with Crippen LogP contribution < -0.4 is 10.1 Å². The van der Waals surface area contributed by atoms with E-state index < -0.39 is 17.6 Å². The van der Waals surface area contributed by atoms with Crippen LogP contribution in [0.4, 0.5) is 15.3 Å². The van der Waals surface area contributed by atoms with Gasteiger partial charge < -0.3 is 29.7 Å². The van der Waals surface area contributed by atoms with Crippen LogP contribution in [0.15, 0.2) is 24.3 Å². The van der Waals surface area contributed by atoms with Gasteiger partial charge in [-0.1, -0.05) is 6.07 Å². The summed E-state index contributed by atoms with van der Waals surface area (Å²) in [5, 5.41) is 11.9. The van der Waals surface area contributed by atoms with Gasteiger partial charge in [0.05, 0.1) is 12.0 Å². The van der Waals surface area contributed by atoms with Gasteiger partial charge >= 0.3 is 12.2 Å². The molecule has 2 N–H and O–H groups in total. The summed E-state index contributed by atoms with van der Waals surface area (Å²) in [5.74, 6) is 0.0680. The van der Waals surface area contributed by atoms with Crippen LogP contribution in [0.5, 0.6) is 5.75 Å². The minimum absolute atomic E-state index is 0.196. The normalized spacial score (nSPS) is 15.7. The van der Waals surface area contributed by atoms with Gasteiger partial charge in [-0.3, -0.25) is 4.79 Å². The van der Waals surface area contributed by atoms with Crippen LogP contribution in [0.2, 0.25) is 0 Å². The Hall–Kier alpha value is -2.81. The van der Waals surface area contributed by atoms with E-state index in [1.807, 2.05) is 0 Å². The zero-order valence-corrected chi connectivity index (χ0v) is 15.7. The van der Waals surface area contributed by atoms with Crippen molar-refractivity contribution in [3.8, 4) is 5.75 Å². The Morgan fingerprint density at radius 3 is 2.48 bits per heavy atom. The van der Waals surface area contributed by atoms with E-state index in [4.69, 9.17) is 14.6 Å². The van der Waals surface area contributed by atoms with E-state index in [0.29, 0.717) is 24.3 Å². The number of hydrogen-bond acceptors (Lipinski definition) is 5. The highest BCUT2D eigenvalue weighted by Crippen LogP contribution is 2.34. The summed E-state index contributed by atoms with van der Waals surface area (Å²) >= 11 is 0. The van der Waals surface area contributed by atoms with E-state index in [1.54, 1.807) is 38.4 Å². The van der Waals surface area contributed by atoms with E-state index in [1.165, 1.54) is 16.9 Å². The Morgan fingerprint density at radius 1 is 1.26 bits per heavy atom. The third-order valence-corrected chi connectivity index (χ3v) is 4.56. The number of amides is 3. The number of carboxylic acid groups (broad SMARTS) is 1. The Kier molecular flexibility index (Phi) is 6.62. The summed E-state index contributed by atoms with van der Waals surface area (Å²) in [6.45, 7) is 0.737. The molecule has 1 fully saturated rings. The first-order valence-electron chi connectivity index (χ1n) is 8.55. The van der Waals surface area contributed by atoms with E-state index in [-0.39, 0.29) is 25.6 Å². The van der Waals surface area contributed by atoms with Crippen LogP contribution >= 0.6 is 0 Å². The minimum atomic E-state index is -0.989. The van der Waals surface area contributed by atoms with Gasteiger partial charge in [0.25, 0.3) is 0 Å². The van der Waals surface area contributed by atoms with E-state index >= 15 is 0 Å². The van der Waals surface area contributed by atoms with E-state index in [0.717, 1.165) is 0 Å². The zero-order valence-electron chi connectivity index (χ0n) is 15.7. The Morgan fingerprint density at radius 2 is 1.93 bits per heavy atom. The van der Waals surface area contributed by atoms with Crippen molar-refractivity contribution in [3.63, 3.8) is 0 Å². The quantitative estimate of drug-likeness (QED) is 0.811. The number of anilines is 1. The summed E-state index contributed by atoms with van der Waals surface area (Å²) < 4.78 is 10.4. The number of carbonyl (C=O) groups is 3. The molecule has 1 aliphatic heterocycles. The second-order valence-electron chi connectivity index (χ2n) is 6.73. The van der Waals surface area contributed by atoms with Gasteiger partial charge in [-0.15, -0.1) is 0 Å². The second kappa shape index (κ2) is 8.72. The molecule has 1 aliphatic rings. The molecular weight excluding hydrogens is 354 g/mol. The number of likely N-dealkylation sites (tertiary alicyclic amines) is 1. The summed E-state index contributed by atoms with van der Waals surface area (Å²) in [7, 11) is 4.66. The predicted octanol–water partition coefficient (Wildman–Crippen LogP) is 2.09. The van der Waals surface area contributed by atoms with Gasteiger partial charge in [-0.05, 0) is 25.0 Å². The van der Waals surface area contributed by atoms with Crippen LogP contribution in [-0.2, 0) is 9.53 Å². The van der Waals surface area contributed by atoms with Crippen LogP contribution in [0, 0.1) is 5.41 Å². The van der Waals surface area contributed by atoms with Gasteiger partial charge in [0.2, 0.25) is 5.91 Å². The van der Waals surface area contributed by atoms with Crippen molar-refractivity contribution in [2.45, 2.75) is 12.8 Å². The number of benzene rings is 1. The van der Waals surface area contributed by atoms with Crippen LogP contribution in [0.1, 0.15) is 12.8 Å². The van der Waals surface area contributed by atoms with Crippen molar-refractivity contribution >= 4 is 23.8 Å². The molecule has 3 amide bonds. The minimum Gasteiger partial charge on any atom is -0.465 e. The van der Waals surface area contributed by atoms with Gasteiger partial charge in [-0.25, -0.2) is 9.59 Å². The highest BCUT2D eigenvalue weighted by Gasteiger charge is 2.42. The van der Waals surface area contributed by atoms with Crippen LogP contribution in [0.25, 0.3) is 0 Å². The van der Waals surface area contributed by atoms with Gasteiger partial charge in [0.15, 0.2) is 0 Å². The average molecular weight is 379 g/mol. The summed E-state index contributed by atoms with van der Waals surface area (Å²) in [5.41, 5.74) is -0.322. The standard InChI is InChI=1S/C18H25N3O6/c1-20(2)17(25)27-14-6-4-5-13(11-14)19-15(22)18(12-26-3)7-9-21(10-8-18)16(23)24/h4-6,11H,7-10,12H2,1-3H3,(H,19,22)(H,23,24). The summed E-state index contributed by atoms with van der Waals surface area (Å²) in [6.07, 6.45) is -0.769. The summed E-state index contributed by atoms with van der Waals surface area (Å²) in [6, 6.07) is 6.54. The lowest BCUT2D eigenvalue weighted by atomic mass is 9.78. The monoisotopic (exact) mass is 379 g/mol. The number of methoxy groups -OCH3 is 1. The highest BCUT2D eigenvalue weighted by molar-refractivity contribution is 5.96. The van der Waals surface area contributed by atoms with Crippen molar-refractivity contribution in [1.82, 2.24) is 9.80 Å². The number of ether oxygens (including phenoxy) is 2. The van der Waals surface area contributed by atoms with Crippen molar-refractivity contribution < 1.29 is 29.0 Å². The molecule has 1 saturated heterocycles. The predicted molar refractivity (Wildman–Crippen MR) is 97.9 cm³/mol. The fourth-order valence-electron chi connectivity index (χ4n) is 2.93.